The number of benzene rings is 2. The molecule has 0 bridgehead atoms. The highest BCUT2D eigenvalue weighted by Gasteiger charge is 2.38. The molecular formula is C29H36N2O6S. The SMILES string of the molecule is C[C@@H]1CN([C@H](C)CO)S(=O)(=O)c2ccc(C#CC3(O)CCCC3)cc2O[C@H]1CN(C)C(=O)c1ccccc1. The molecule has 1 amide bonds. The number of amides is 1. The fourth-order valence-electron chi connectivity index (χ4n) is 4.95. The number of hydrogen-bond donors (Lipinski definition) is 2. The molecule has 1 aliphatic carbocycles. The minimum absolute atomic E-state index is 0.0168. The predicted molar refractivity (Wildman–Crippen MR) is 144 cm³/mol. The number of aliphatic hydroxyl groups is 2. The van der Waals surface area contributed by atoms with E-state index in [4.69, 9.17) is 4.74 Å². The molecule has 0 unspecified atom stereocenters. The van der Waals surface area contributed by atoms with Gasteiger partial charge in [0.15, 0.2) is 0 Å². The lowest BCUT2D eigenvalue weighted by Crippen LogP contribution is -2.50. The average Bonchev–Trinajstić information content (AvgIpc) is 3.35. The van der Waals surface area contributed by atoms with Gasteiger partial charge in [0.1, 0.15) is 22.4 Å². The molecule has 38 heavy (non-hydrogen) atoms. The Kier molecular flexibility index (Phi) is 8.48. The Hall–Kier alpha value is -2.90. The molecule has 3 atom stereocenters. The van der Waals surface area contributed by atoms with Crippen LogP contribution >= 0.6 is 0 Å². The van der Waals surface area contributed by atoms with Crippen molar-refractivity contribution in [2.24, 2.45) is 5.92 Å². The number of likely N-dealkylation sites (N-methyl/N-ethyl adjacent to an activating group) is 1. The second-order valence-electron chi connectivity index (χ2n) is 10.4. The van der Waals surface area contributed by atoms with Gasteiger partial charge in [-0.3, -0.25) is 4.79 Å². The van der Waals surface area contributed by atoms with Gasteiger partial charge in [0.05, 0.1) is 13.2 Å². The molecule has 0 spiro atoms. The third kappa shape index (κ3) is 6.05. The summed E-state index contributed by atoms with van der Waals surface area (Å²) in [6.45, 7) is 3.56. The van der Waals surface area contributed by atoms with Gasteiger partial charge in [0, 0.05) is 36.7 Å². The molecule has 8 nitrogen and oxygen atoms in total. The highest BCUT2D eigenvalue weighted by molar-refractivity contribution is 7.89. The molecule has 1 heterocycles. The number of rotatable bonds is 5. The summed E-state index contributed by atoms with van der Waals surface area (Å²) in [5.41, 5.74) is 0.0541. The molecule has 4 rings (SSSR count). The minimum Gasteiger partial charge on any atom is -0.487 e. The van der Waals surface area contributed by atoms with Crippen LogP contribution in [0.4, 0.5) is 0 Å². The van der Waals surface area contributed by atoms with Crippen molar-refractivity contribution in [2.75, 3.05) is 26.7 Å². The molecule has 204 valence electrons. The summed E-state index contributed by atoms with van der Waals surface area (Å²) in [6, 6.07) is 13.0. The molecule has 0 radical (unpaired) electrons. The smallest absolute Gasteiger partial charge is 0.253 e. The lowest BCUT2D eigenvalue weighted by molar-refractivity contribution is 0.0563. The van der Waals surface area contributed by atoms with Crippen LogP contribution in [0.1, 0.15) is 55.5 Å². The van der Waals surface area contributed by atoms with Gasteiger partial charge >= 0.3 is 0 Å². The minimum atomic E-state index is -3.99. The molecule has 0 saturated heterocycles. The Morgan fingerprint density at radius 1 is 1.21 bits per heavy atom. The lowest BCUT2D eigenvalue weighted by atomic mass is 10.0. The molecule has 1 fully saturated rings. The number of ether oxygens (including phenoxy) is 1. The lowest BCUT2D eigenvalue weighted by Gasteiger charge is -2.37. The summed E-state index contributed by atoms with van der Waals surface area (Å²) >= 11 is 0. The van der Waals surface area contributed by atoms with Gasteiger partial charge in [-0.05, 0) is 62.9 Å². The molecule has 2 aromatic carbocycles. The first kappa shape index (κ1) is 28.1. The fourth-order valence-corrected chi connectivity index (χ4v) is 6.77. The summed E-state index contributed by atoms with van der Waals surface area (Å²) in [4.78, 5) is 14.6. The molecule has 2 aliphatic rings. The van der Waals surface area contributed by atoms with Gasteiger partial charge in [-0.25, -0.2) is 8.42 Å². The van der Waals surface area contributed by atoms with E-state index in [9.17, 15) is 23.4 Å². The first-order valence-electron chi connectivity index (χ1n) is 13.0. The second-order valence-corrected chi connectivity index (χ2v) is 12.3. The highest BCUT2D eigenvalue weighted by Crippen LogP contribution is 2.34. The Labute approximate surface area is 225 Å². The van der Waals surface area contributed by atoms with E-state index in [2.05, 4.69) is 11.8 Å². The number of fused-ring (bicyclic) bond motifs is 1. The Morgan fingerprint density at radius 3 is 2.55 bits per heavy atom. The summed E-state index contributed by atoms with van der Waals surface area (Å²) in [5, 5.41) is 20.5. The number of sulfonamides is 1. The first-order chi connectivity index (χ1) is 18.0. The van der Waals surface area contributed by atoms with Crippen molar-refractivity contribution >= 4 is 15.9 Å². The van der Waals surface area contributed by atoms with E-state index in [1.54, 1.807) is 55.3 Å². The van der Waals surface area contributed by atoms with Crippen LogP contribution in [-0.2, 0) is 10.0 Å². The first-order valence-corrected chi connectivity index (χ1v) is 14.5. The van der Waals surface area contributed by atoms with E-state index >= 15 is 0 Å². The van der Waals surface area contributed by atoms with E-state index < -0.39 is 27.8 Å². The molecule has 2 aromatic rings. The van der Waals surface area contributed by atoms with Crippen LogP contribution in [0, 0.1) is 17.8 Å². The van der Waals surface area contributed by atoms with Crippen LogP contribution in [0.25, 0.3) is 0 Å². The molecule has 1 saturated carbocycles. The van der Waals surface area contributed by atoms with Gasteiger partial charge < -0.3 is 19.8 Å². The largest absolute Gasteiger partial charge is 0.487 e. The summed E-state index contributed by atoms with van der Waals surface area (Å²) < 4.78 is 35.0. The Balaban J connectivity index is 1.71. The maximum Gasteiger partial charge on any atom is 0.253 e. The van der Waals surface area contributed by atoms with Crippen molar-refractivity contribution in [3.05, 3.63) is 59.7 Å². The fraction of sp³-hybridized carbons (Fsp3) is 0.483. The highest BCUT2D eigenvalue weighted by atomic mass is 32.2. The quantitative estimate of drug-likeness (QED) is 0.565. The number of nitrogens with zero attached hydrogens (tertiary/aromatic N) is 2. The van der Waals surface area contributed by atoms with Crippen molar-refractivity contribution in [1.29, 1.82) is 0 Å². The molecule has 9 heteroatoms. The maximum atomic E-state index is 13.7. The van der Waals surface area contributed by atoms with Crippen LogP contribution < -0.4 is 4.74 Å². The van der Waals surface area contributed by atoms with E-state index in [-0.39, 0.29) is 42.2 Å². The van der Waals surface area contributed by atoms with Crippen LogP contribution in [0.5, 0.6) is 5.75 Å². The predicted octanol–water partition coefficient (Wildman–Crippen LogP) is 2.88. The van der Waals surface area contributed by atoms with Gasteiger partial charge in [-0.2, -0.15) is 4.31 Å². The van der Waals surface area contributed by atoms with E-state index in [0.29, 0.717) is 24.0 Å². The van der Waals surface area contributed by atoms with Crippen molar-refractivity contribution in [3.63, 3.8) is 0 Å². The summed E-state index contributed by atoms with van der Waals surface area (Å²) in [7, 11) is -2.29. The second kappa shape index (κ2) is 11.5. The monoisotopic (exact) mass is 540 g/mol. The normalized spacial score (nSPS) is 23.1. The maximum absolute atomic E-state index is 13.7. The Morgan fingerprint density at radius 2 is 1.89 bits per heavy atom. The molecule has 0 aromatic heterocycles. The van der Waals surface area contributed by atoms with Crippen molar-refractivity contribution in [1.82, 2.24) is 9.21 Å². The van der Waals surface area contributed by atoms with Gasteiger partial charge in [-0.1, -0.05) is 37.0 Å². The van der Waals surface area contributed by atoms with Gasteiger partial charge in [0.2, 0.25) is 10.0 Å². The zero-order valence-electron chi connectivity index (χ0n) is 22.1. The van der Waals surface area contributed by atoms with E-state index in [0.717, 1.165) is 12.8 Å². The third-order valence-corrected chi connectivity index (χ3v) is 9.38. The molecule has 1 aliphatic heterocycles. The zero-order chi connectivity index (χ0) is 27.5. The average molecular weight is 541 g/mol. The summed E-state index contributed by atoms with van der Waals surface area (Å²) in [5.74, 6) is 5.63. The van der Waals surface area contributed by atoms with Crippen LogP contribution in [-0.4, -0.2) is 78.2 Å². The van der Waals surface area contributed by atoms with Crippen LogP contribution in [0.15, 0.2) is 53.4 Å². The Bertz CT molecular complexity index is 1310. The van der Waals surface area contributed by atoms with Gasteiger partial charge in [0.25, 0.3) is 5.91 Å². The van der Waals surface area contributed by atoms with Crippen molar-refractivity contribution in [2.45, 2.75) is 62.2 Å². The number of hydrogen-bond acceptors (Lipinski definition) is 6. The zero-order valence-corrected chi connectivity index (χ0v) is 22.9. The molecular weight excluding hydrogens is 504 g/mol. The number of aliphatic hydroxyl groups excluding tert-OH is 1. The van der Waals surface area contributed by atoms with Crippen LogP contribution in [0.2, 0.25) is 0 Å². The van der Waals surface area contributed by atoms with Gasteiger partial charge in [-0.15, -0.1) is 0 Å². The topological polar surface area (TPSA) is 107 Å². The summed E-state index contributed by atoms with van der Waals surface area (Å²) in [6.07, 6.45) is 2.54. The van der Waals surface area contributed by atoms with E-state index in [1.165, 1.54) is 10.4 Å². The standard InChI is InChI=1S/C29H36N2O6S/c1-21-18-31(22(2)20-32)38(35,36)27-12-11-23(13-16-29(34)14-7-8-15-29)17-25(27)37-26(21)19-30(3)28(33)24-9-5-4-6-10-24/h4-6,9-12,17,21-22,26,32,34H,7-8,14-15,18-20H2,1-3H3/t21-,22-,26+/m1/s1. The molecule has 2 N–H and O–H groups in total. The van der Waals surface area contributed by atoms with Crippen LogP contribution in [0.3, 0.4) is 0 Å². The van der Waals surface area contributed by atoms with E-state index in [1.807, 2.05) is 13.0 Å². The number of carbonyl (C=O) groups excluding carboxylic acids is 1. The van der Waals surface area contributed by atoms with Crippen molar-refractivity contribution in [3.8, 4) is 17.6 Å². The number of carbonyl (C=O) groups is 1. The third-order valence-electron chi connectivity index (χ3n) is 7.36. The van der Waals surface area contributed by atoms with Crippen molar-refractivity contribution < 1.29 is 28.2 Å².